The molecule has 2 N–H and O–H groups in total. The Hall–Kier alpha value is -2.24. The zero-order valence-electron chi connectivity index (χ0n) is 19.3. The van der Waals surface area contributed by atoms with Crippen molar-refractivity contribution in [3.05, 3.63) is 41.7 Å². The van der Waals surface area contributed by atoms with Crippen molar-refractivity contribution in [3.8, 4) is 5.88 Å². The number of fused-ring (bicyclic) bond motifs is 1. The van der Waals surface area contributed by atoms with Crippen molar-refractivity contribution in [2.24, 2.45) is 10.9 Å². The number of benzene rings is 1. The molecule has 1 aromatic heterocycles. The van der Waals surface area contributed by atoms with Gasteiger partial charge in [0, 0.05) is 24.9 Å². The van der Waals surface area contributed by atoms with Crippen molar-refractivity contribution in [1.29, 1.82) is 0 Å². The molecule has 0 amide bonds. The van der Waals surface area contributed by atoms with Crippen molar-refractivity contribution in [1.82, 2.24) is 9.97 Å². The van der Waals surface area contributed by atoms with Gasteiger partial charge in [0.1, 0.15) is 11.9 Å². The lowest BCUT2D eigenvalue weighted by Gasteiger charge is -2.32. The fourth-order valence-electron chi connectivity index (χ4n) is 4.79. The summed E-state index contributed by atoms with van der Waals surface area (Å²) in [5, 5.41) is 3.06. The van der Waals surface area contributed by atoms with Gasteiger partial charge in [-0.05, 0) is 56.9 Å². The van der Waals surface area contributed by atoms with Crippen LogP contribution < -0.4 is 10.1 Å². The lowest BCUT2D eigenvalue weighted by Crippen LogP contribution is -2.41. The number of anilines is 1. The van der Waals surface area contributed by atoms with Crippen LogP contribution in [0.3, 0.4) is 0 Å². The third-order valence-corrected chi connectivity index (χ3v) is 8.79. The van der Waals surface area contributed by atoms with Gasteiger partial charge in [-0.25, -0.2) is 9.98 Å². The smallest absolute Gasteiger partial charge is 0.246 e. The van der Waals surface area contributed by atoms with Crippen LogP contribution >= 0.6 is 7.37 Å². The Morgan fingerprint density at radius 3 is 2.47 bits per heavy atom. The summed E-state index contributed by atoms with van der Waals surface area (Å²) in [5.74, 6) is 2.01. The van der Waals surface area contributed by atoms with Crippen LogP contribution in [-0.4, -0.2) is 45.5 Å². The molecule has 0 spiro atoms. The first-order chi connectivity index (χ1) is 15.2. The predicted octanol–water partition coefficient (Wildman–Crippen LogP) is 5.37. The Bertz CT molecular complexity index is 1040. The van der Waals surface area contributed by atoms with Gasteiger partial charge in [0.05, 0.1) is 5.71 Å². The van der Waals surface area contributed by atoms with E-state index in [1.165, 1.54) is 11.9 Å². The zero-order chi connectivity index (χ0) is 22.9. The minimum atomic E-state index is -2.94. The van der Waals surface area contributed by atoms with E-state index in [2.05, 4.69) is 39.6 Å². The van der Waals surface area contributed by atoms with Gasteiger partial charge in [-0.1, -0.05) is 31.2 Å². The number of ether oxygens (including phenoxy) is 1. The quantitative estimate of drug-likeness (QED) is 0.567. The third-order valence-electron chi connectivity index (χ3n) is 6.71. The minimum absolute atomic E-state index is 0.375. The van der Waals surface area contributed by atoms with Crippen LogP contribution in [0.1, 0.15) is 63.5 Å². The second-order valence-corrected chi connectivity index (χ2v) is 12.1. The second-order valence-electron chi connectivity index (χ2n) is 9.38. The maximum Gasteiger partial charge on any atom is 0.246 e. The molecule has 2 aromatic rings. The predicted molar refractivity (Wildman–Crippen MR) is 129 cm³/mol. The van der Waals surface area contributed by atoms with E-state index in [0.717, 1.165) is 37.0 Å². The molecule has 1 unspecified atom stereocenters. The maximum atomic E-state index is 12.1. The summed E-state index contributed by atoms with van der Waals surface area (Å²) in [6.45, 7) is 5.81. The summed E-state index contributed by atoms with van der Waals surface area (Å²) in [5.41, 5.74) is 3.21. The van der Waals surface area contributed by atoms with Crippen LogP contribution in [0.15, 0.2) is 35.6 Å². The van der Waals surface area contributed by atoms with Crippen LogP contribution in [0.5, 0.6) is 5.88 Å². The number of aromatic nitrogens is 2. The number of nitrogens with zero attached hydrogens (tertiary/aromatic N) is 3. The number of hydrogen-bond donors (Lipinski definition) is 2. The Labute approximate surface area is 190 Å². The molecule has 1 aliphatic heterocycles. The highest BCUT2D eigenvalue weighted by Crippen LogP contribution is 2.47. The summed E-state index contributed by atoms with van der Waals surface area (Å²) in [6, 6.07) is 8.63. The van der Waals surface area contributed by atoms with Crippen molar-refractivity contribution in [2.45, 2.75) is 58.0 Å². The Balaban J connectivity index is 1.50. The molecule has 1 atom stereocenters. The molecule has 1 aromatic carbocycles. The Kier molecular flexibility index (Phi) is 6.42. The summed E-state index contributed by atoms with van der Waals surface area (Å²) in [7, 11) is -1.13. The molecule has 172 valence electrons. The molecular weight excluding hydrogens is 423 g/mol. The standard InChI is InChI=1S/C24H33N4O3P/c1-5-32(29,30)14-16-6-8-17(9-7-16)18-10-12-19(13-11-18)21-24(2,3)31-23-20(28-21)22(25-4)26-15-27-23/h10-13,15-17H,5-9,14H2,1-4H3,(H,29,30)(H,25,26,27). The molecule has 2 heterocycles. The largest absolute Gasteiger partial charge is 0.463 e. The van der Waals surface area contributed by atoms with Crippen LogP contribution in [0.25, 0.3) is 0 Å². The molecule has 1 fully saturated rings. The van der Waals surface area contributed by atoms with Gasteiger partial charge < -0.3 is 14.9 Å². The van der Waals surface area contributed by atoms with Crippen molar-refractivity contribution >= 4 is 24.6 Å². The van der Waals surface area contributed by atoms with Gasteiger partial charge in [-0.3, -0.25) is 4.57 Å². The van der Waals surface area contributed by atoms with Gasteiger partial charge >= 0.3 is 0 Å². The first-order valence-electron chi connectivity index (χ1n) is 11.4. The number of hydrogen-bond acceptors (Lipinski definition) is 6. The summed E-state index contributed by atoms with van der Waals surface area (Å²) >= 11 is 0. The zero-order valence-corrected chi connectivity index (χ0v) is 20.2. The van der Waals surface area contributed by atoms with Crippen molar-refractivity contribution in [3.63, 3.8) is 0 Å². The highest BCUT2D eigenvalue weighted by atomic mass is 31.2. The SMILES string of the molecule is CCP(=O)(O)CC1CCC(c2ccc(C3=Nc4c(NC)ncnc4OC3(C)C)cc2)CC1. The van der Waals surface area contributed by atoms with E-state index >= 15 is 0 Å². The molecule has 0 saturated heterocycles. The van der Waals surface area contributed by atoms with Crippen molar-refractivity contribution < 1.29 is 14.2 Å². The van der Waals surface area contributed by atoms with Gasteiger partial charge in [0.25, 0.3) is 0 Å². The number of rotatable bonds is 6. The molecule has 8 heteroatoms. The highest BCUT2D eigenvalue weighted by Gasteiger charge is 2.35. The first-order valence-corrected chi connectivity index (χ1v) is 13.5. The topological polar surface area (TPSA) is 96.7 Å². The van der Waals surface area contributed by atoms with Gasteiger partial charge in [0.2, 0.25) is 13.2 Å². The van der Waals surface area contributed by atoms with Gasteiger partial charge in [0.15, 0.2) is 11.5 Å². The summed E-state index contributed by atoms with van der Waals surface area (Å²) in [6.07, 6.45) is 6.52. The number of aliphatic imine (C=N–C) groups is 1. The van der Waals surface area contributed by atoms with Crippen LogP contribution in [0.2, 0.25) is 0 Å². The molecule has 4 rings (SSSR count). The van der Waals surface area contributed by atoms with E-state index in [9.17, 15) is 9.46 Å². The fraction of sp³-hybridized carbons (Fsp3) is 0.542. The van der Waals surface area contributed by atoms with Crippen LogP contribution in [-0.2, 0) is 4.57 Å². The molecule has 1 aliphatic carbocycles. The molecular formula is C24H33N4O3P. The monoisotopic (exact) mass is 456 g/mol. The molecule has 0 bridgehead atoms. The van der Waals surface area contributed by atoms with E-state index in [0.29, 0.717) is 41.5 Å². The fourth-order valence-corrected chi connectivity index (χ4v) is 6.22. The molecule has 1 saturated carbocycles. The van der Waals surface area contributed by atoms with E-state index in [1.807, 2.05) is 27.8 Å². The second kappa shape index (κ2) is 8.95. The van der Waals surface area contributed by atoms with E-state index in [4.69, 9.17) is 9.73 Å². The van der Waals surface area contributed by atoms with Crippen LogP contribution in [0, 0.1) is 5.92 Å². The first kappa shape index (κ1) is 22.9. The van der Waals surface area contributed by atoms with E-state index in [-0.39, 0.29) is 0 Å². The highest BCUT2D eigenvalue weighted by molar-refractivity contribution is 7.57. The van der Waals surface area contributed by atoms with Crippen LogP contribution in [0.4, 0.5) is 11.5 Å². The average molecular weight is 457 g/mol. The molecule has 2 aliphatic rings. The Morgan fingerprint density at radius 2 is 1.84 bits per heavy atom. The number of nitrogens with one attached hydrogen (secondary N) is 1. The third kappa shape index (κ3) is 4.74. The normalized spacial score (nSPS) is 24.0. The summed E-state index contributed by atoms with van der Waals surface area (Å²) < 4.78 is 18.3. The maximum absolute atomic E-state index is 12.1. The lowest BCUT2D eigenvalue weighted by atomic mass is 9.79. The summed E-state index contributed by atoms with van der Waals surface area (Å²) in [4.78, 5) is 23.4. The lowest BCUT2D eigenvalue weighted by molar-refractivity contribution is 0.171. The van der Waals surface area contributed by atoms with Crippen molar-refractivity contribution in [2.75, 3.05) is 24.7 Å². The van der Waals surface area contributed by atoms with Gasteiger partial charge in [-0.2, -0.15) is 4.98 Å². The minimum Gasteiger partial charge on any atom is -0.463 e. The Morgan fingerprint density at radius 1 is 1.16 bits per heavy atom. The molecule has 0 radical (unpaired) electrons. The molecule has 32 heavy (non-hydrogen) atoms. The van der Waals surface area contributed by atoms with E-state index < -0.39 is 13.0 Å². The average Bonchev–Trinajstić information content (AvgIpc) is 2.78. The van der Waals surface area contributed by atoms with E-state index in [1.54, 1.807) is 0 Å². The molecule has 7 nitrogen and oxygen atoms in total. The van der Waals surface area contributed by atoms with Gasteiger partial charge in [-0.15, -0.1) is 0 Å².